The number of amides is 1. The van der Waals surface area contributed by atoms with Crippen LogP contribution in [0.5, 0.6) is 5.75 Å². The summed E-state index contributed by atoms with van der Waals surface area (Å²) in [4.78, 5) is 27.7. The molecule has 1 aromatic heterocycles. The molecule has 49 heavy (non-hydrogen) atoms. The summed E-state index contributed by atoms with van der Waals surface area (Å²) in [7, 11) is 3.25. The van der Waals surface area contributed by atoms with E-state index in [9.17, 15) is 18.0 Å². The summed E-state index contributed by atoms with van der Waals surface area (Å²) in [5, 5.41) is 0.497. The van der Waals surface area contributed by atoms with Crippen molar-refractivity contribution in [3.63, 3.8) is 0 Å². The van der Waals surface area contributed by atoms with Crippen molar-refractivity contribution >= 4 is 29.4 Å². The van der Waals surface area contributed by atoms with Gasteiger partial charge in [-0.05, 0) is 88.0 Å². The van der Waals surface area contributed by atoms with Gasteiger partial charge >= 0.3 is 12.3 Å². The summed E-state index contributed by atoms with van der Waals surface area (Å²) in [5.74, 6) is -0.554. The van der Waals surface area contributed by atoms with Crippen LogP contribution in [-0.4, -0.2) is 73.2 Å². The van der Waals surface area contributed by atoms with Gasteiger partial charge in [-0.25, -0.2) is 19.2 Å². The first-order valence-corrected chi connectivity index (χ1v) is 17.6. The van der Waals surface area contributed by atoms with Gasteiger partial charge in [-0.2, -0.15) is 13.2 Å². The Labute approximate surface area is 290 Å². The molecule has 2 aliphatic rings. The molecule has 3 aromatic rings. The lowest BCUT2D eigenvalue weighted by Gasteiger charge is -2.39. The van der Waals surface area contributed by atoms with Gasteiger partial charge in [0.15, 0.2) is 11.0 Å². The van der Waals surface area contributed by atoms with Gasteiger partial charge in [-0.1, -0.05) is 30.8 Å². The molecule has 2 aromatic carbocycles. The Morgan fingerprint density at radius 3 is 2.29 bits per heavy atom. The zero-order valence-corrected chi connectivity index (χ0v) is 30.2. The quantitative estimate of drug-likeness (QED) is 0.140. The number of hydrogen-bond donors (Lipinski definition) is 0. The number of aromatic nitrogens is 2. The second-order valence-electron chi connectivity index (χ2n) is 13.9. The van der Waals surface area contributed by atoms with E-state index in [1.54, 1.807) is 36.1 Å². The van der Waals surface area contributed by atoms with Gasteiger partial charge in [0.05, 0.1) is 24.1 Å². The third-order valence-corrected chi connectivity index (χ3v) is 9.76. The predicted molar refractivity (Wildman–Crippen MR) is 184 cm³/mol. The number of hydrogen-bond acceptors (Lipinski definition) is 8. The minimum absolute atomic E-state index is 0.0190. The van der Waals surface area contributed by atoms with Crippen LogP contribution in [0.25, 0.3) is 0 Å². The highest BCUT2D eigenvalue weighted by Crippen LogP contribution is 2.48. The maximum atomic E-state index is 16.7. The third kappa shape index (κ3) is 8.02. The molecule has 1 fully saturated rings. The highest BCUT2D eigenvalue weighted by molar-refractivity contribution is 7.98. The molecule has 13 heteroatoms. The number of aryl methyl sites for hydroxylation is 1. The summed E-state index contributed by atoms with van der Waals surface area (Å²) < 4.78 is 71.8. The van der Waals surface area contributed by atoms with Crippen LogP contribution in [0.3, 0.4) is 0 Å². The number of halogens is 4. The molecular weight excluding hydrogens is 658 g/mol. The zero-order chi connectivity index (χ0) is 35.8. The van der Waals surface area contributed by atoms with Crippen molar-refractivity contribution < 1.29 is 31.8 Å². The Balaban J connectivity index is 1.48. The lowest BCUT2D eigenvalue weighted by atomic mass is 9.73. The van der Waals surface area contributed by atoms with Gasteiger partial charge in [0.25, 0.3) is 0 Å². The SMILES string of the molecule is COc1ccc(CN(C)c2cc(C)c(C(F)(F)F)c(C3Cc4nc(SC)nc(N5CCN(C(=O)OC(C)(C)C)CC5)c4CC3C)c2F)cc1. The van der Waals surface area contributed by atoms with Gasteiger partial charge < -0.3 is 24.2 Å². The zero-order valence-electron chi connectivity index (χ0n) is 29.4. The summed E-state index contributed by atoms with van der Waals surface area (Å²) in [5.41, 5.74) is 0.640. The van der Waals surface area contributed by atoms with E-state index in [1.165, 1.54) is 24.8 Å². The van der Waals surface area contributed by atoms with Crippen molar-refractivity contribution in [3.8, 4) is 5.75 Å². The van der Waals surface area contributed by atoms with E-state index >= 15 is 4.39 Å². The molecule has 1 saturated heterocycles. The fourth-order valence-electron chi connectivity index (χ4n) is 6.81. The number of anilines is 2. The fourth-order valence-corrected chi connectivity index (χ4v) is 7.19. The molecule has 2 atom stereocenters. The standard InChI is InChI=1S/C36H45F4N5O3S/c1-21-17-26-27(41-33(49-8)42-32(26)44-13-15-45(16-14-44)34(46)48-35(3,4)5)19-25(21)29-30(36(38,39)40)22(2)18-28(31(29)37)43(6)20-23-9-11-24(47-7)12-10-23/h9-12,18,21,25H,13-17,19-20H2,1-8H3. The van der Waals surface area contributed by atoms with Crippen LogP contribution in [0.1, 0.15) is 67.1 Å². The number of alkyl halides is 3. The van der Waals surface area contributed by atoms with Crippen molar-refractivity contribution in [1.29, 1.82) is 0 Å². The predicted octanol–water partition coefficient (Wildman–Crippen LogP) is 7.89. The molecular formula is C36H45F4N5O3S. The maximum Gasteiger partial charge on any atom is 0.417 e. The molecule has 0 radical (unpaired) electrons. The Hall–Kier alpha value is -3.74. The average molecular weight is 704 g/mol. The summed E-state index contributed by atoms with van der Waals surface area (Å²) >= 11 is 1.35. The lowest BCUT2D eigenvalue weighted by Crippen LogP contribution is -2.50. The molecule has 8 nitrogen and oxygen atoms in total. The number of rotatable bonds is 7. The smallest absolute Gasteiger partial charge is 0.417 e. The number of fused-ring (bicyclic) bond motifs is 1. The van der Waals surface area contributed by atoms with Crippen LogP contribution in [-0.2, 0) is 30.3 Å². The first kappa shape index (κ1) is 36.5. The average Bonchev–Trinajstić information content (AvgIpc) is 3.03. The number of ether oxygens (including phenoxy) is 2. The number of methoxy groups -OCH3 is 1. The molecule has 0 bridgehead atoms. The van der Waals surface area contributed by atoms with Gasteiger partial charge in [-0.15, -0.1) is 0 Å². The minimum Gasteiger partial charge on any atom is -0.497 e. The summed E-state index contributed by atoms with van der Waals surface area (Å²) in [6.45, 7) is 11.0. The van der Waals surface area contributed by atoms with E-state index in [0.29, 0.717) is 55.7 Å². The van der Waals surface area contributed by atoms with E-state index in [4.69, 9.17) is 19.4 Å². The largest absolute Gasteiger partial charge is 0.497 e. The number of benzene rings is 2. The maximum absolute atomic E-state index is 16.7. The number of thioether (sulfide) groups is 1. The van der Waals surface area contributed by atoms with E-state index in [1.807, 2.05) is 46.1 Å². The monoisotopic (exact) mass is 703 g/mol. The van der Waals surface area contributed by atoms with Crippen molar-refractivity contribution in [2.24, 2.45) is 5.92 Å². The Morgan fingerprint density at radius 1 is 1.06 bits per heavy atom. The normalized spacial score (nSPS) is 18.3. The Kier molecular flexibility index (Phi) is 10.6. The topological polar surface area (TPSA) is 71.0 Å². The number of carbonyl (C=O) groups excluding carboxylic acids is 1. The van der Waals surface area contributed by atoms with Gasteiger partial charge in [0.2, 0.25) is 0 Å². The van der Waals surface area contributed by atoms with E-state index in [0.717, 1.165) is 16.9 Å². The fraction of sp³-hybridized carbons (Fsp3) is 0.528. The van der Waals surface area contributed by atoms with Crippen LogP contribution in [0.15, 0.2) is 35.5 Å². The second-order valence-corrected chi connectivity index (χ2v) is 14.7. The summed E-state index contributed by atoms with van der Waals surface area (Å²) in [6, 6.07) is 8.59. The number of piperazine rings is 1. The molecule has 2 heterocycles. The lowest BCUT2D eigenvalue weighted by molar-refractivity contribution is -0.139. The molecule has 1 amide bonds. The highest BCUT2D eigenvalue weighted by Gasteiger charge is 2.43. The molecule has 0 spiro atoms. The molecule has 0 N–H and O–H groups in total. The second kappa shape index (κ2) is 14.2. The minimum atomic E-state index is -4.75. The van der Waals surface area contributed by atoms with Gasteiger partial charge in [0, 0.05) is 50.9 Å². The molecule has 266 valence electrons. The first-order valence-electron chi connectivity index (χ1n) is 16.4. The van der Waals surface area contributed by atoms with Crippen LogP contribution in [0.2, 0.25) is 0 Å². The van der Waals surface area contributed by atoms with Crippen molar-refractivity contribution in [2.45, 2.75) is 76.9 Å². The van der Waals surface area contributed by atoms with Crippen LogP contribution in [0, 0.1) is 18.7 Å². The van der Waals surface area contributed by atoms with Crippen molar-refractivity contribution in [2.75, 3.05) is 56.4 Å². The Bertz CT molecular complexity index is 1670. The molecule has 5 rings (SSSR count). The van der Waals surface area contributed by atoms with Gasteiger partial charge in [-0.3, -0.25) is 0 Å². The van der Waals surface area contributed by atoms with E-state index < -0.39 is 29.1 Å². The van der Waals surface area contributed by atoms with Crippen molar-refractivity contribution in [1.82, 2.24) is 14.9 Å². The summed E-state index contributed by atoms with van der Waals surface area (Å²) in [6.07, 6.45) is -2.74. The Morgan fingerprint density at radius 2 is 1.71 bits per heavy atom. The number of carbonyl (C=O) groups is 1. The molecule has 2 unspecified atom stereocenters. The number of nitrogens with zero attached hydrogens (tertiary/aromatic N) is 5. The van der Waals surface area contributed by atoms with Crippen LogP contribution >= 0.6 is 11.8 Å². The molecule has 1 aliphatic heterocycles. The highest BCUT2D eigenvalue weighted by atomic mass is 32.2. The van der Waals surface area contributed by atoms with Gasteiger partial charge in [0.1, 0.15) is 17.2 Å². The molecule has 1 aliphatic carbocycles. The van der Waals surface area contributed by atoms with Crippen LogP contribution < -0.4 is 14.5 Å². The van der Waals surface area contributed by atoms with E-state index in [2.05, 4.69) is 4.90 Å². The third-order valence-electron chi connectivity index (χ3n) is 9.21. The van der Waals surface area contributed by atoms with E-state index in [-0.39, 0.29) is 35.2 Å². The van der Waals surface area contributed by atoms with Crippen LogP contribution in [0.4, 0.5) is 33.9 Å². The molecule has 0 saturated carbocycles. The first-order chi connectivity index (χ1) is 23.0. The van der Waals surface area contributed by atoms with Crippen molar-refractivity contribution in [3.05, 3.63) is 69.7 Å².